The van der Waals surface area contributed by atoms with Gasteiger partial charge in [0.2, 0.25) is 5.91 Å². The summed E-state index contributed by atoms with van der Waals surface area (Å²) in [5.74, 6) is 0.579. The van der Waals surface area contributed by atoms with Crippen LogP contribution in [0.15, 0.2) is 24.3 Å². The van der Waals surface area contributed by atoms with Gasteiger partial charge in [-0.05, 0) is 24.3 Å². The average molecular weight is 252 g/mol. The van der Waals surface area contributed by atoms with Crippen molar-refractivity contribution in [1.29, 1.82) is 0 Å². The Morgan fingerprint density at radius 1 is 1.06 bits per heavy atom. The molecule has 0 bridgehead atoms. The van der Waals surface area contributed by atoms with Crippen molar-refractivity contribution in [3.63, 3.8) is 0 Å². The third kappa shape index (κ3) is 4.73. The fraction of sp³-hybridized carbons (Fsp3) is 0.333. The van der Waals surface area contributed by atoms with Crippen molar-refractivity contribution in [1.82, 2.24) is 10.9 Å². The lowest BCUT2D eigenvalue weighted by Gasteiger charge is -2.08. The van der Waals surface area contributed by atoms with Crippen LogP contribution < -0.4 is 20.3 Å². The molecule has 0 unspecified atom stereocenters. The first-order chi connectivity index (χ1) is 8.65. The molecule has 6 heteroatoms. The average Bonchev–Trinajstić information content (AvgIpc) is 2.42. The highest BCUT2D eigenvalue weighted by Crippen LogP contribution is 2.16. The highest BCUT2D eigenvalue weighted by molar-refractivity contribution is 5.82. The number of carbonyl (C=O) groups is 2. The van der Waals surface area contributed by atoms with E-state index in [0.29, 0.717) is 17.9 Å². The van der Waals surface area contributed by atoms with Crippen LogP contribution in [0.4, 0.5) is 0 Å². The molecule has 18 heavy (non-hydrogen) atoms. The number of hydrazine groups is 1. The van der Waals surface area contributed by atoms with Gasteiger partial charge in [0.1, 0.15) is 11.5 Å². The molecule has 0 aliphatic carbocycles. The van der Waals surface area contributed by atoms with E-state index < -0.39 is 5.91 Å². The molecule has 0 saturated carbocycles. The number of benzene rings is 1. The molecule has 6 nitrogen and oxygen atoms in total. The normalized spacial score (nSPS) is 9.44. The van der Waals surface area contributed by atoms with Gasteiger partial charge in [-0.15, -0.1) is 0 Å². The summed E-state index contributed by atoms with van der Waals surface area (Å²) in [4.78, 5) is 22.2. The third-order valence-corrected chi connectivity index (χ3v) is 2.09. The van der Waals surface area contributed by atoms with E-state index in [-0.39, 0.29) is 12.5 Å². The molecule has 0 atom stereocenters. The summed E-state index contributed by atoms with van der Waals surface area (Å²) in [6.07, 6.45) is 0.305. The maximum Gasteiger partial charge on any atom is 0.276 e. The number of carbonyl (C=O) groups excluding carboxylic acids is 2. The maximum absolute atomic E-state index is 11.3. The minimum atomic E-state index is -0.424. The Bertz CT molecular complexity index is 403. The first-order valence-corrected chi connectivity index (χ1v) is 5.50. The lowest BCUT2D eigenvalue weighted by molar-refractivity contribution is -0.129. The Kier molecular flexibility index (Phi) is 5.50. The van der Waals surface area contributed by atoms with Gasteiger partial charge >= 0.3 is 0 Å². The molecular weight excluding hydrogens is 236 g/mol. The first-order valence-electron chi connectivity index (χ1n) is 5.50. The van der Waals surface area contributed by atoms with E-state index in [1.807, 2.05) is 0 Å². The summed E-state index contributed by atoms with van der Waals surface area (Å²) in [6, 6.07) is 6.84. The van der Waals surface area contributed by atoms with Crippen molar-refractivity contribution in [2.24, 2.45) is 0 Å². The molecule has 1 rings (SSSR count). The number of rotatable bonds is 5. The molecule has 0 fully saturated rings. The van der Waals surface area contributed by atoms with E-state index in [9.17, 15) is 9.59 Å². The molecule has 2 N–H and O–H groups in total. The minimum Gasteiger partial charge on any atom is -0.497 e. The van der Waals surface area contributed by atoms with Crippen LogP contribution in [0.5, 0.6) is 11.5 Å². The smallest absolute Gasteiger partial charge is 0.276 e. The quantitative estimate of drug-likeness (QED) is 0.754. The number of amides is 2. The Balaban J connectivity index is 2.31. The number of nitrogens with one attached hydrogen (secondary N) is 2. The van der Waals surface area contributed by atoms with Crippen molar-refractivity contribution in [2.45, 2.75) is 13.3 Å². The predicted octanol–water partition coefficient (Wildman–Crippen LogP) is 0.631. The van der Waals surface area contributed by atoms with Crippen molar-refractivity contribution < 1.29 is 19.1 Å². The van der Waals surface area contributed by atoms with Crippen LogP contribution in [0.1, 0.15) is 13.3 Å². The zero-order chi connectivity index (χ0) is 13.4. The maximum atomic E-state index is 11.3. The zero-order valence-electron chi connectivity index (χ0n) is 10.4. The van der Waals surface area contributed by atoms with Crippen LogP contribution in [0.3, 0.4) is 0 Å². The topological polar surface area (TPSA) is 76.7 Å². The van der Waals surface area contributed by atoms with Crippen LogP contribution in [0, 0.1) is 0 Å². The molecule has 0 radical (unpaired) electrons. The Labute approximate surface area is 105 Å². The van der Waals surface area contributed by atoms with Crippen LogP contribution in [0.2, 0.25) is 0 Å². The highest BCUT2D eigenvalue weighted by Gasteiger charge is 2.04. The Morgan fingerprint density at radius 2 is 1.61 bits per heavy atom. The molecule has 0 heterocycles. The number of methoxy groups -OCH3 is 1. The molecule has 1 aromatic rings. The highest BCUT2D eigenvalue weighted by atomic mass is 16.5. The van der Waals surface area contributed by atoms with E-state index >= 15 is 0 Å². The van der Waals surface area contributed by atoms with Gasteiger partial charge in [0.25, 0.3) is 5.91 Å². The van der Waals surface area contributed by atoms with E-state index in [1.54, 1.807) is 38.3 Å². The zero-order valence-corrected chi connectivity index (χ0v) is 10.4. The minimum absolute atomic E-state index is 0.170. The summed E-state index contributed by atoms with van der Waals surface area (Å²) in [7, 11) is 1.57. The molecule has 0 aliphatic heterocycles. The monoisotopic (exact) mass is 252 g/mol. The van der Waals surface area contributed by atoms with E-state index in [4.69, 9.17) is 9.47 Å². The lowest BCUT2D eigenvalue weighted by atomic mass is 10.3. The van der Waals surface area contributed by atoms with Gasteiger partial charge < -0.3 is 9.47 Å². The van der Waals surface area contributed by atoms with Gasteiger partial charge in [-0.3, -0.25) is 20.4 Å². The summed E-state index contributed by atoms with van der Waals surface area (Å²) < 4.78 is 10.2. The molecule has 0 aliphatic rings. The Hall–Kier alpha value is -2.24. The summed E-state index contributed by atoms with van der Waals surface area (Å²) in [5, 5.41) is 0. The number of ether oxygens (including phenoxy) is 2. The van der Waals surface area contributed by atoms with E-state index in [1.165, 1.54) is 0 Å². The summed E-state index contributed by atoms with van der Waals surface area (Å²) in [6.45, 7) is 1.52. The molecule has 0 saturated heterocycles. The summed E-state index contributed by atoms with van der Waals surface area (Å²) >= 11 is 0. The number of hydrogen-bond acceptors (Lipinski definition) is 4. The molecule has 1 aromatic carbocycles. The standard InChI is InChI=1S/C12H16N2O4/c1-3-11(15)13-14-12(16)8-18-10-6-4-9(17-2)5-7-10/h4-7H,3,8H2,1-2H3,(H,13,15)(H,14,16). The van der Waals surface area contributed by atoms with E-state index in [0.717, 1.165) is 0 Å². The van der Waals surface area contributed by atoms with Crippen molar-refractivity contribution in [3.8, 4) is 11.5 Å². The van der Waals surface area contributed by atoms with Crippen LogP contribution >= 0.6 is 0 Å². The van der Waals surface area contributed by atoms with Gasteiger partial charge in [-0.1, -0.05) is 6.92 Å². The third-order valence-electron chi connectivity index (χ3n) is 2.09. The lowest BCUT2D eigenvalue weighted by Crippen LogP contribution is -2.43. The van der Waals surface area contributed by atoms with Crippen molar-refractivity contribution >= 4 is 11.8 Å². The summed E-state index contributed by atoms with van der Waals surface area (Å²) in [5.41, 5.74) is 4.49. The second-order valence-corrected chi connectivity index (χ2v) is 3.41. The molecule has 0 spiro atoms. The largest absolute Gasteiger partial charge is 0.497 e. The van der Waals surface area contributed by atoms with Gasteiger partial charge in [-0.2, -0.15) is 0 Å². The van der Waals surface area contributed by atoms with Crippen LogP contribution in [0.25, 0.3) is 0 Å². The van der Waals surface area contributed by atoms with E-state index in [2.05, 4.69) is 10.9 Å². The van der Waals surface area contributed by atoms with Gasteiger partial charge in [0.15, 0.2) is 6.61 Å². The fourth-order valence-electron chi connectivity index (χ4n) is 1.08. The molecular formula is C12H16N2O4. The van der Waals surface area contributed by atoms with Gasteiger partial charge in [0.05, 0.1) is 7.11 Å². The van der Waals surface area contributed by atoms with Crippen molar-refractivity contribution in [2.75, 3.05) is 13.7 Å². The second kappa shape index (κ2) is 7.16. The van der Waals surface area contributed by atoms with Crippen molar-refractivity contribution in [3.05, 3.63) is 24.3 Å². The predicted molar refractivity (Wildman–Crippen MR) is 65.1 cm³/mol. The number of hydrogen-bond donors (Lipinski definition) is 2. The Morgan fingerprint density at radius 3 is 2.17 bits per heavy atom. The van der Waals surface area contributed by atoms with Gasteiger partial charge in [-0.25, -0.2) is 0 Å². The SMILES string of the molecule is CCC(=O)NNC(=O)COc1ccc(OC)cc1. The van der Waals surface area contributed by atoms with Gasteiger partial charge in [0, 0.05) is 6.42 Å². The first kappa shape index (κ1) is 13.8. The molecule has 0 aromatic heterocycles. The second-order valence-electron chi connectivity index (χ2n) is 3.41. The molecule has 2 amide bonds. The molecule has 98 valence electrons. The fourth-order valence-corrected chi connectivity index (χ4v) is 1.08. The van der Waals surface area contributed by atoms with Crippen LogP contribution in [-0.4, -0.2) is 25.5 Å². The van der Waals surface area contributed by atoms with Crippen LogP contribution in [-0.2, 0) is 9.59 Å².